The van der Waals surface area contributed by atoms with E-state index in [1.807, 2.05) is 0 Å². The van der Waals surface area contributed by atoms with E-state index in [4.69, 9.17) is 4.74 Å². The second-order valence-corrected chi connectivity index (χ2v) is 3.94. The third-order valence-corrected chi connectivity index (χ3v) is 2.77. The van der Waals surface area contributed by atoms with Crippen molar-refractivity contribution in [3.05, 3.63) is 18.1 Å². The fraction of sp³-hybridized carbons (Fsp3) is 0.636. The Kier molecular flexibility index (Phi) is 6.18. The van der Waals surface area contributed by atoms with Crippen LogP contribution in [0, 0.1) is 0 Å². The summed E-state index contributed by atoms with van der Waals surface area (Å²) in [4.78, 5) is 8.35. The van der Waals surface area contributed by atoms with E-state index in [1.54, 1.807) is 19.5 Å². The molecule has 2 N–H and O–H groups in total. The summed E-state index contributed by atoms with van der Waals surface area (Å²) in [7, 11) is 1.62. The van der Waals surface area contributed by atoms with E-state index in [9.17, 15) is 0 Å². The summed E-state index contributed by atoms with van der Waals surface area (Å²) < 4.78 is 5.14. The van der Waals surface area contributed by atoms with E-state index in [0.29, 0.717) is 18.5 Å². The minimum Gasteiger partial charge on any atom is -0.480 e. The molecule has 1 unspecified atom stereocenters. The second kappa shape index (κ2) is 7.42. The Hall–Kier alpha value is -0.910. The lowest BCUT2D eigenvalue weighted by Crippen LogP contribution is -2.33. The largest absolute Gasteiger partial charge is 0.480 e. The fourth-order valence-corrected chi connectivity index (χ4v) is 1.94. The van der Waals surface area contributed by atoms with Crippen molar-refractivity contribution in [3.8, 4) is 5.88 Å². The smallest absolute Gasteiger partial charge is 0.236 e. The van der Waals surface area contributed by atoms with Crippen LogP contribution in [0.2, 0.25) is 0 Å². The van der Waals surface area contributed by atoms with Crippen LogP contribution in [-0.2, 0) is 6.54 Å². The van der Waals surface area contributed by atoms with Crippen LogP contribution in [0.5, 0.6) is 5.88 Å². The molecule has 1 aromatic rings. The zero-order valence-corrected chi connectivity index (χ0v) is 10.8. The summed E-state index contributed by atoms with van der Waals surface area (Å²) >= 11 is 0. The fourth-order valence-electron chi connectivity index (χ4n) is 1.94. The average Bonchev–Trinajstić information content (AvgIpc) is 2.83. The number of nitrogens with one attached hydrogen (secondary N) is 2. The lowest BCUT2D eigenvalue weighted by atomic mass is 10.2. The first-order valence-corrected chi connectivity index (χ1v) is 5.68. The lowest BCUT2D eigenvalue weighted by molar-refractivity contribution is 0.386. The predicted molar refractivity (Wildman–Crippen MR) is 68.6 cm³/mol. The van der Waals surface area contributed by atoms with Crippen LogP contribution in [0.4, 0.5) is 0 Å². The van der Waals surface area contributed by atoms with Crippen LogP contribution in [0.3, 0.4) is 0 Å². The van der Waals surface area contributed by atoms with Gasteiger partial charge in [0.15, 0.2) is 0 Å². The molecular weight excluding hydrogens is 240 g/mol. The van der Waals surface area contributed by atoms with Crippen molar-refractivity contribution in [2.45, 2.75) is 25.4 Å². The van der Waals surface area contributed by atoms with Crippen molar-refractivity contribution >= 4 is 12.4 Å². The molecule has 6 heteroatoms. The van der Waals surface area contributed by atoms with Gasteiger partial charge in [-0.1, -0.05) is 0 Å². The number of halogens is 1. The highest BCUT2D eigenvalue weighted by molar-refractivity contribution is 5.85. The van der Waals surface area contributed by atoms with Crippen molar-refractivity contribution in [1.29, 1.82) is 0 Å². The molecule has 5 nitrogen and oxygen atoms in total. The van der Waals surface area contributed by atoms with Crippen molar-refractivity contribution < 1.29 is 4.74 Å². The average molecular weight is 259 g/mol. The highest BCUT2D eigenvalue weighted by atomic mass is 35.5. The summed E-state index contributed by atoms with van der Waals surface area (Å²) in [6.07, 6.45) is 5.86. The zero-order chi connectivity index (χ0) is 11.2. The van der Waals surface area contributed by atoms with Gasteiger partial charge in [-0.05, 0) is 19.4 Å². The van der Waals surface area contributed by atoms with E-state index >= 15 is 0 Å². The minimum absolute atomic E-state index is 0. The molecule has 1 atom stereocenters. The third kappa shape index (κ3) is 4.11. The quantitative estimate of drug-likeness (QED) is 0.816. The standard InChI is InChI=1S/C11H18N4O.ClH/c1-16-11-10(14-5-6-15-11)8-12-7-9-3-2-4-13-9;/h5-6,9,12-13H,2-4,7-8H2,1H3;1H. The van der Waals surface area contributed by atoms with Gasteiger partial charge in [-0.25, -0.2) is 4.98 Å². The Labute approximate surface area is 108 Å². The maximum absolute atomic E-state index is 5.14. The SMILES string of the molecule is COc1nccnc1CNCC1CCCN1.Cl. The Bertz CT molecular complexity index is 331. The molecule has 17 heavy (non-hydrogen) atoms. The molecule has 0 spiro atoms. The van der Waals surface area contributed by atoms with E-state index in [1.165, 1.54) is 12.8 Å². The number of methoxy groups -OCH3 is 1. The molecule has 2 rings (SSSR count). The zero-order valence-electron chi connectivity index (χ0n) is 9.98. The van der Waals surface area contributed by atoms with Crippen LogP contribution in [-0.4, -0.2) is 36.2 Å². The molecule has 0 aliphatic carbocycles. The maximum Gasteiger partial charge on any atom is 0.236 e. The monoisotopic (exact) mass is 258 g/mol. The van der Waals surface area contributed by atoms with Crippen molar-refractivity contribution in [2.24, 2.45) is 0 Å². The van der Waals surface area contributed by atoms with Gasteiger partial charge >= 0.3 is 0 Å². The van der Waals surface area contributed by atoms with Gasteiger partial charge in [0, 0.05) is 31.5 Å². The number of rotatable bonds is 5. The lowest BCUT2D eigenvalue weighted by Gasteiger charge is -2.11. The molecule has 0 bridgehead atoms. The summed E-state index contributed by atoms with van der Waals surface area (Å²) in [5.41, 5.74) is 0.864. The highest BCUT2D eigenvalue weighted by Crippen LogP contribution is 2.10. The normalized spacial score (nSPS) is 18.8. The van der Waals surface area contributed by atoms with Gasteiger partial charge in [-0.15, -0.1) is 12.4 Å². The van der Waals surface area contributed by atoms with Gasteiger partial charge < -0.3 is 15.4 Å². The third-order valence-electron chi connectivity index (χ3n) is 2.77. The summed E-state index contributed by atoms with van der Waals surface area (Å²) in [6, 6.07) is 0.600. The molecule has 0 aromatic carbocycles. The van der Waals surface area contributed by atoms with Crippen LogP contribution in [0.25, 0.3) is 0 Å². The topological polar surface area (TPSA) is 59.1 Å². The summed E-state index contributed by atoms with van der Waals surface area (Å²) in [5.74, 6) is 0.606. The Morgan fingerprint density at radius 1 is 1.47 bits per heavy atom. The van der Waals surface area contributed by atoms with Crippen molar-refractivity contribution in [2.75, 3.05) is 20.2 Å². The first-order chi connectivity index (χ1) is 7.90. The molecule has 0 radical (unpaired) electrons. The Morgan fingerprint density at radius 3 is 3.00 bits per heavy atom. The summed E-state index contributed by atoms with van der Waals surface area (Å²) in [6.45, 7) is 2.82. The number of hydrogen-bond donors (Lipinski definition) is 2. The number of hydrogen-bond acceptors (Lipinski definition) is 5. The van der Waals surface area contributed by atoms with E-state index in [2.05, 4.69) is 20.6 Å². The molecule has 1 saturated heterocycles. The van der Waals surface area contributed by atoms with Gasteiger partial charge in [0.05, 0.1) is 7.11 Å². The van der Waals surface area contributed by atoms with E-state index < -0.39 is 0 Å². The maximum atomic E-state index is 5.14. The molecule has 1 aliphatic rings. The molecule has 2 heterocycles. The van der Waals surface area contributed by atoms with Gasteiger partial charge in [-0.2, -0.15) is 0 Å². The van der Waals surface area contributed by atoms with E-state index in [-0.39, 0.29) is 12.4 Å². The number of nitrogens with zero attached hydrogens (tertiary/aromatic N) is 2. The molecule has 1 aliphatic heterocycles. The molecule has 1 fully saturated rings. The molecule has 1 aromatic heterocycles. The minimum atomic E-state index is 0. The number of aromatic nitrogens is 2. The van der Waals surface area contributed by atoms with Crippen LogP contribution >= 0.6 is 12.4 Å². The summed E-state index contributed by atoms with van der Waals surface area (Å²) in [5, 5.41) is 6.82. The van der Waals surface area contributed by atoms with E-state index in [0.717, 1.165) is 18.8 Å². The number of ether oxygens (including phenoxy) is 1. The second-order valence-electron chi connectivity index (χ2n) is 3.94. The first-order valence-electron chi connectivity index (χ1n) is 5.68. The van der Waals surface area contributed by atoms with Crippen LogP contribution in [0.15, 0.2) is 12.4 Å². The van der Waals surface area contributed by atoms with Crippen LogP contribution < -0.4 is 15.4 Å². The molecule has 0 amide bonds. The van der Waals surface area contributed by atoms with Gasteiger partial charge in [-0.3, -0.25) is 4.98 Å². The van der Waals surface area contributed by atoms with Crippen molar-refractivity contribution in [1.82, 2.24) is 20.6 Å². The van der Waals surface area contributed by atoms with Crippen LogP contribution in [0.1, 0.15) is 18.5 Å². The van der Waals surface area contributed by atoms with Gasteiger partial charge in [0.2, 0.25) is 5.88 Å². The van der Waals surface area contributed by atoms with Gasteiger partial charge in [0.25, 0.3) is 0 Å². The van der Waals surface area contributed by atoms with Crippen molar-refractivity contribution in [3.63, 3.8) is 0 Å². The molecule has 96 valence electrons. The molecule has 0 saturated carbocycles. The predicted octanol–water partition coefficient (Wildman–Crippen LogP) is 0.749. The first kappa shape index (κ1) is 14.2. The molecular formula is C11H19ClN4O. The highest BCUT2D eigenvalue weighted by Gasteiger charge is 2.13. The Balaban J connectivity index is 0.00000144. The van der Waals surface area contributed by atoms with Gasteiger partial charge in [0.1, 0.15) is 5.69 Å². The Morgan fingerprint density at radius 2 is 2.29 bits per heavy atom.